The van der Waals surface area contributed by atoms with E-state index in [0.717, 1.165) is 29.4 Å². The summed E-state index contributed by atoms with van der Waals surface area (Å²) in [5.41, 5.74) is 6.16. The zero-order chi connectivity index (χ0) is 13.2. The van der Waals surface area contributed by atoms with Crippen LogP contribution in [0.5, 0.6) is 5.75 Å². The maximum atomic E-state index is 9.63. The highest BCUT2D eigenvalue weighted by Gasteiger charge is 2.22. The van der Waals surface area contributed by atoms with Crippen molar-refractivity contribution in [1.29, 1.82) is 0 Å². The number of aromatic nitrogens is 1. The molecule has 0 saturated heterocycles. The fraction of sp³-hybridized carbons (Fsp3) is 0.400. The Morgan fingerprint density at radius 1 is 1.21 bits per heavy atom. The van der Waals surface area contributed by atoms with Gasteiger partial charge in [-0.1, -0.05) is 18.9 Å². The van der Waals surface area contributed by atoms with Gasteiger partial charge in [0.2, 0.25) is 0 Å². The van der Waals surface area contributed by atoms with Crippen molar-refractivity contribution in [2.45, 2.75) is 37.8 Å². The Kier molecular flexibility index (Phi) is 3.25. The van der Waals surface area contributed by atoms with Crippen molar-refractivity contribution in [3.05, 3.63) is 30.5 Å². The summed E-state index contributed by atoms with van der Waals surface area (Å²) in [7, 11) is 0. The van der Waals surface area contributed by atoms with Gasteiger partial charge in [-0.15, -0.1) is 0 Å². The van der Waals surface area contributed by atoms with E-state index in [-0.39, 0.29) is 17.8 Å². The molecule has 4 nitrogen and oxygen atoms in total. The highest BCUT2D eigenvalue weighted by atomic mass is 16.3. The molecule has 3 rings (SSSR count). The zero-order valence-electron chi connectivity index (χ0n) is 10.8. The van der Waals surface area contributed by atoms with Crippen molar-refractivity contribution in [2.75, 3.05) is 5.32 Å². The van der Waals surface area contributed by atoms with E-state index in [1.54, 1.807) is 18.3 Å². The van der Waals surface area contributed by atoms with Gasteiger partial charge < -0.3 is 16.2 Å². The molecule has 2 aromatic rings. The van der Waals surface area contributed by atoms with Crippen LogP contribution in [0.25, 0.3) is 10.8 Å². The molecule has 4 N–H and O–H groups in total. The van der Waals surface area contributed by atoms with Crippen molar-refractivity contribution < 1.29 is 5.11 Å². The number of aromatic hydroxyl groups is 1. The maximum Gasteiger partial charge on any atom is 0.134 e. The second-order valence-corrected chi connectivity index (χ2v) is 5.26. The summed E-state index contributed by atoms with van der Waals surface area (Å²) in [6.07, 6.45) is 6.35. The Balaban J connectivity index is 1.93. The van der Waals surface area contributed by atoms with Crippen LogP contribution in [0.2, 0.25) is 0 Å². The monoisotopic (exact) mass is 257 g/mol. The van der Waals surface area contributed by atoms with Gasteiger partial charge in [0.25, 0.3) is 0 Å². The lowest BCUT2D eigenvalue weighted by Crippen LogP contribution is -2.42. The first-order valence-electron chi connectivity index (χ1n) is 6.84. The molecule has 1 saturated carbocycles. The zero-order valence-corrected chi connectivity index (χ0v) is 10.8. The number of nitrogens with zero attached hydrogens (tertiary/aromatic N) is 1. The predicted molar refractivity (Wildman–Crippen MR) is 77.3 cm³/mol. The summed E-state index contributed by atoms with van der Waals surface area (Å²) >= 11 is 0. The molecule has 1 aliphatic carbocycles. The quantitative estimate of drug-likeness (QED) is 0.773. The van der Waals surface area contributed by atoms with E-state index in [2.05, 4.69) is 10.3 Å². The normalized spacial score (nSPS) is 23.4. The number of nitrogens with one attached hydrogen (secondary N) is 1. The Hall–Kier alpha value is -1.81. The maximum absolute atomic E-state index is 9.63. The third kappa shape index (κ3) is 2.49. The highest BCUT2D eigenvalue weighted by molar-refractivity contribution is 5.92. The second-order valence-electron chi connectivity index (χ2n) is 5.26. The van der Waals surface area contributed by atoms with Crippen molar-refractivity contribution in [2.24, 2.45) is 5.73 Å². The molecular formula is C15H19N3O. The number of hydrogen-bond donors (Lipinski definition) is 3. The number of nitrogens with two attached hydrogens (primary N) is 1. The molecule has 0 bridgehead atoms. The molecule has 2 atom stereocenters. The van der Waals surface area contributed by atoms with Crippen LogP contribution in [-0.4, -0.2) is 22.2 Å². The first-order chi connectivity index (χ1) is 9.24. The minimum atomic E-state index is 0.183. The first-order valence-corrected chi connectivity index (χ1v) is 6.84. The Morgan fingerprint density at radius 3 is 2.89 bits per heavy atom. The number of phenols is 1. The molecule has 4 heteroatoms. The minimum Gasteiger partial charge on any atom is -0.508 e. The molecule has 0 radical (unpaired) electrons. The summed E-state index contributed by atoms with van der Waals surface area (Å²) in [6, 6.07) is 7.74. The standard InChI is InChI=1S/C15H19N3O/c16-13-3-1-2-4-14(13)18-15-12-9-11(19)6-5-10(12)7-8-17-15/h5-9,13-14,19H,1-4,16H2,(H,17,18)/t13-,14-/m1/s1. The van der Waals surface area contributed by atoms with E-state index in [1.807, 2.05) is 12.1 Å². The molecule has 1 aromatic carbocycles. The van der Waals surface area contributed by atoms with Gasteiger partial charge in [-0.25, -0.2) is 4.98 Å². The van der Waals surface area contributed by atoms with Crippen molar-refractivity contribution in [1.82, 2.24) is 4.98 Å². The van der Waals surface area contributed by atoms with Gasteiger partial charge in [-0.3, -0.25) is 0 Å². The van der Waals surface area contributed by atoms with Crippen LogP contribution in [0.3, 0.4) is 0 Å². The molecule has 1 aromatic heterocycles. The van der Waals surface area contributed by atoms with Crippen LogP contribution < -0.4 is 11.1 Å². The fourth-order valence-electron chi connectivity index (χ4n) is 2.79. The van der Waals surface area contributed by atoms with Crippen LogP contribution >= 0.6 is 0 Å². The smallest absolute Gasteiger partial charge is 0.134 e. The first kappa shape index (κ1) is 12.2. The van der Waals surface area contributed by atoms with Crippen molar-refractivity contribution in [3.8, 4) is 5.75 Å². The fourth-order valence-corrected chi connectivity index (χ4v) is 2.79. The SMILES string of the molecule is N[C@@H]1CCCC[C@H]1Nc1nccc2ccc(O)cc12. The van der Waals surface area contributed by atoms with Crippen LogP contribution in [0.1, 0.15) is 25.7 Å². The Labute approximate surface area is 112 Å². The molecule has 1 heterocycles. The van der Waals surface area contributed by atoms with Gasteiger partial charge in [0.1, 0.15) is 11.6 Å². The van der Waals surface area contributed by atoms with Crippen LogP contribution in [-0.2, 0) is 0 Å². The highest BCUT2D eigenvalue weighted by Crippen LogP contribution is 2.27. The number of fused-ring (bicyclic) bond motifs is 1. The molecular weight excluding hydrogens is 238 g/mol. The Morgan fingerprint density at radius 2 is 2.05 bits per heavy atom. The topological polar surface area (TPSA) is 71.2 Å². The third-order valence-electron chi connectivity index (χ3n) is 3.89. The number of phenolic OH excluding ortho intramolecular Hbond substituents is 1. The van der Waals surface area contributed by atoms with E-state index in [0.29, 0.717) is 0 Å². The average Bonchev–Trinajstić information content (AvgIpc) is 2.42. The van der Waals surface area contributed by atoms with Gasteiger partial charge in [-0.2, -0.15) is 0 Å². The lowest BCUT2D eigenvalue weighted by atomic mass is 9.91. The predicted octanol–water partition coefficient (Wildman–Crippen LogP) is 2.62. The van der Waals surface area contributed by atoms with Crippen LogP contribution in [0.15, 0.2) is 30.5 Å². The van der Waals surface area contributed by atoms with Crippen LogP contribution in [0, 0.1) is 0 Å². The number of pyridine rings is 1. The summed E-state index contributed by atoms with van der Waals surface area (Å²) in [5, 5.41) is 15.1. The van der Waals surface area contributed by atoms with Gasteiger partial charge in [0.05, 0.1) is 0 Å². The van der Waals surface area contributed by atoms with Gasteiger partial charge in [-0.05, 0) is 36.4 Å². The number of hydrogen-bond acceptors (Lipinski definition) is 4. The molecule has 0 spiro atoms. The number of rotatable bonds is 2. The minimum absolute atomic E-state index is 0.183. The van der Waals surface area contributed by atoms with E-state index < -0.39 is 0 Å². The van der Waals surface area contributed by atoms with Crippen molar-refractivity contribution >= 4 is 16.6 Å². The molecule has 1 fully saturated rings. The van der Waals surface area contributed by atoms with E-state index in [1.165, 1.54) is 12.8 Å². The summed E-state index contributed by atoms with van der Waals surface area (Å²) < 4.78 is 0. The van der Waals surface area contributed by atoms with Crippen molar-refractivity contribution in [3.63, 3.8) is 0 Å². The molecule has 0 amide bonds. The molecule has 0 aliphatic heterocycles. The third-order valence-corrected chi connectivity index (χ3v) is 3.89. The summed E-state index contributed by atoms with van der Waals surface area (Å²) in [6.45, 7) is 0. The molecule has 1 aliphatic rings. The van der Waals surface area contributed by atoms with E-state index in [9.17, 15) is 5.11 Å². The molecule has 100 valence electrons. The van der Waals surface area contributed by atoms with Gasteiger partial charge >= 0.3 is 0 Å². The van der Waals surface area contributed by atoms with Gasteiger partial charge in [0.15, 0.2) is 0 Å². The molecule has 19 heavy (non-hydrogen) atoms. The lowest BCUT2D eigenvalue weighted by molar-refractivity contribution is 0.403. The van der Waals surface area contributed by atoms with E-state index in [4.69, 9.17) is 5.73 Å². The largest absolute Gasteiger partial charge is 0.508 e. The van der Waals surface area contributed by atoms with E-state index >= 15 is 0 Å². The number of anilines is 1. The Bertz CT molecular complexity index is 585. The lowest BCUT2D eigenvalue weighted by Gasteiger charge is -2.30. The second kappa shape index (κ2) is 5.05. The summed E-state index contributed by atoms with van der Waals surface area (Å²) in [4.78, 5) is 4.40. The van der Waals surface area contributed by atoms with Crippen LogP contribution in [0.4, 0.5) is 5.82 Å². The molecule has 0 unspecified atom stereocenters. The van der Waals surface area contributed by atoms with Gasteiger partial charge in [0, 0.05) is 23.7 Å². The average molecular weight is 257 g/mol. The summed E-state index contributed by atoms with van der Waals surface area (Å²) in [5.74, 6) is 1.08. The number of benzene rings is 1.